The summed E-state index contributed by atoms with van der Waals surface area (Å²) in [4.78, 5) is 25.3. The number of imidazole rings is 1. The molecule has 1 aliphatic rings. The van der Waals surface area contributed by atoms with E-state index in [0.717, 1.165) is 16.7 Å². The number of aryl methyl sites for hydroxylation is 1. The Hall–Kier alpha value is -4.26. The molecule has 1 amide bonds. The van der Waals surface area contributed by atoms with E-state index in [2.05, 4.69) is 44.6 Å². The topological polar surface area (TPSA) is 153 Å². The first-order chi connectivity index (χ1) is 19.4. The zero-order valence-corrected chi connectivity index (χ0v) is 22.6. The summed E-state index contributed by atoms with van der Waals surface area (Å²) >= 11 is 0. The normalized spacial score (nSPS) is 21.2. The van der Waals surface area contributed by atoms with E-state index in [1.54, 1.807) is 14.2 Å². The summed E-state index contributed by atoms with van der Waals surface area (Å²) in [5, 5.41) is 26.9. The molecule has 0 spiro atoms. The van der Waals surface area contributed by atoms with E-state index in [-0.39, 0.29) is 5.92 Å². The number of nitrogens with one attached hydrogen (secondary N) is 2. The molecule has 2 aromatic carbocycles. The van der Waals surface area contributed by atoms with Crippen LogP contribution in [-0.4, -0.2) is 81.8 Å². The van der Waals surface area contributed by atoms with Crippen LogP contribution in [0.3, 0.4) is 0 Å². The fourth-order valence-electron chi connectivity index (χ4n) is 5.03. The molecule has 12 nitrogen and oxygen atoms in total. The number of ether oxygens (including phenoxy) is 3. The molecule has 5 atom stereocenters. The molecule has 1 aliphatic heterocycles. The molecule has 5 unspecified atom stereocenters. The first kappa shape index (κ1) is 27.3. The highest BCUT2D eigenvalue weighted by Crippen LogP contribution is 2.35. The number of benzene rings is 2. The molecule has 0 saturated carbocycles. The Morgan fingerprint density at radius 3 is 2.48 bits per heavy atom. The largest absolute Gasteiger partial charge is 0.497 e. The van der Waals surface area contributed by atoms with Gasteiger partial charge >= 0.3 is 0 Å². The molecule has 0 aliphatic carbocycles. The van der Waals surface area contributed by atoms with Crippen molar-refractivity contribution in [3.05, 3.63) is 71.8 Å². The second-order valence-electron chi connectivity index (χ2n) is 9.53. The minimum absolute atomic E-state index is 0.0965. The number of methoxy groups -OCH3 is 2. The molecule has 1 fully saturated rings. The molecular formula is C28H32N6O6. The maximum absolute atomic E-state index is 12.1. The van der Waals surface area contributed by atoms with E-state index < -0.39 is 30.4 Å². The second-order valence-corrected chi connectivity index (χ2v) is 9.53. The number of rotatable bonds is 9. The van der Waals surface area contributed by atoms with E-state index >= 15 is 0 Å². The van der Waals surface area contributed by atoms with Crippen molar-refractivity contribution in [1.82, 2.24) is 24.8 Å². The lowest BCUT2D eigenvalue weighted by atomic mass is 9.88. The van der Waals surface area contributed by atoms with Gasteiger partial charge in [-0.3, -0.25) is 9.36 Å². The zero-order valence-electron chi connectivity index (χ0n) is 22.6. The van der Waals surface area contributed by atoms with Gasteiger partial charge in [0.1, 0.15) is 30.0 Å². The fraction of sp³-hybridized carbons (Fsp3) is 0.357. The zero-order chi connectivity index (χ0) is 28.4. The highest BCUT2D eigenvalue weighted by molar-refractivity contribution is 5.83. The van der Waals surface area contributed by atoms with E-state index in [0.29, 0.717) is 35.0 Å². The lowest BCUT2D eigenvalue weighted by Crippen LogP contribution is -2.41. The van der Waals surface area contributed by atoms with Crippen molar-refractivity contribution in [2.24, 2.45) is 0 Å². The number of likely N-dealkylation sites (N-methyl/N-ethyl adjacent to an activating group) is 1. The van der Waals surface area contributed by atoms with Crippen LogP contribution in [0.25, 0.3) is 11.2 Å². The summed E-state index contributed by atoms with van der Waals surface area (Å²) in [6.45, 7) is 2.53. The molecule has 4 aromatic rings. The highest BCUT2D eigenvalue weighted by Gasteiger charge is 2.47. The highest BCUT2D eigenvalue weighted by atomic mass is 16.6. The smallest absolute Gasteiger partial charge is 0.251 e. The monoisotopic (exact) mass is 548 g/mol. The second kappa shape index (κ2) is 11.5. The minimum atomic E-state index is -1.41. The van der Waals surface area contributed by atoms with Gasteiger partial charge in [0.2, 0.25) is 0 Å². The lowest BCUT2D eigenvalue weighted by molar-refractivity contribution is -0.137. The number of carbonyl (C=O) groups is 1. The van der Waals surface area contributed by atoms with Gasteiger partial charge in [0.15, 0.2) is 29.3 Å². The Morgan fingerprint density at radius 1 is 1.07 bits per heavy atom. The number of nitrogens with zero attached hydrogens (tertiary/aromatic N) is 4. The van der Waals surface area contributed by atoms with Crippen LogP contribution >= 0.6 is 0 Å². The molecule has 4 N–H and O–H groups in total. The number of hydrogen-bond acceptors (Lipinski definition) is 10. The molecule has 2 aromatic heterocycles. The predicted molar refractivity (Wildman–Crippen MR) is 146 cm³/mol. The van der Waals surface area contributed by atoms with Crippen LogP contribution < -0.4 is 20.1 Å². The van der Waals surface area contributed by atoms with Crippen LogP contribution in [0.1, 0.15) is 28.8 Å². The molecule has 3 heterocycles. The number of anilines is 1. The summed E-state index contributed by atoms with van der Waals surface area (Å²) in [7, 11) is 4.67. The number of carbonyl (C=O) groups excluding carboxylic acids is 1. The molecule has 12 heteroatoms. The van der Waals surface area contributed by atoms with E-state index in [1.807, 2.05) is 30.3 Å². The van der Waals surface area contributed by atoms with Gasteiger partial charge in [-0.1, -0.05) is 24.3 Å². The molecular weight excluding hydrogens is 516 g/mol. The van der Waals surface area contributed by atoms with Crippen molar-refractivity contribution in [2.75, 3.05) is 33.1 Å². The number of aliphatic hydroxyl groups excluding tert-OH is 2. The van der Waals surface area contributed by atoms with Crippen LogP contribution in [0, 0.1) is 6.92 Å². The van der Waals surface area contributed by atoms with Gasteiger partial charge in [0.25, 0.3) is 5.91 Å². The number of aliphatic hydroxyl groups is 2. The van der Waals surface area contributed by atoms with E-state index in [9.17, 15) is 15.0 Å². The number of fused-ring (bicyclic) bond motifs is 1. The Bertz CT molecular complexity index is 1490. The third kappa shape index (κ3) is 5.04. The lowest BCUT2D eigenvalue weighted by Gasteiger charge is -2.22. The molecule has 210 valence electrons. The standard InChI is InChI=1S/C28H32N6O6/c1-15-7-5-6-8-19(15)20(16-9-17(38-3)11-18(10-16)39-4)12-30-25-21-26(32-13-31-25)34(14-33-21)28-23(36)22(35)24(40-28)27(37)29-2/h5-11,13-14,20,22-24,28,35-36H,12H2,1-4H3,(H,29,37)(H,30,31,32). The third-order valence-corrected chi connectivity index (χ3v) is 7.19. The van der Waals surface area contributed by atoms with Crippen molar-refractivity contribution >= 4 is 22.9 Å². The van der Waals surface area contributed by atoms with Crippen LogP contribution in [0.15, 0.2) is 55.1 Å². The Labute approximate surface area is 231 Å². The van der Waals surface area contributed by atoms with Gasteiger partial charge in [-0.2, -0.15) is 0 Å². The van der Waals surface area contributed by atoms with Crippen LogP contribution in [0.4, 0.5) is 5.82 Å². The third-order valence-electron chi connectivity index (χ3n) is 7.19. The fourth-order valence-corrected chi connectivity index (χ4v) is 5.03. The first-order valence-corrected chi connectivity index (χ1v) is 12.8. The van der Waals surface area contributed by atoms with Crippen molar-refractivity contribution in [1.29, 1.82) is 0 Å². The summed E-state index contributed by atoms with van der Waals surface area (Å²) in [5.41, 5.74) is 4.07. The van der Waals surface area contributed by atoms with Gasteiger partial charge in [-0.25, -0.2) is 15.0 Å². The minimum Gasteiger partial charge on any atom is -0.497 e. The number of aromatic nitrogens is 4. The quantitative estimate of drug-likeness (QED) is 0.243. The van der Waals surface area contributed by atoms with Gasteiger partial charge in [-0.05, 0) is 35.7 Å². The summed E-state index contributed by atoms with van der Waals surface area (Å²) in [5.74, 6) is 1.22. The molecule has 0 bridgehead atoms. The first-order valence-electron chi connectivity index (χ1n) is 12.8. The Morgan fingerprint density at radius 2 is 1.80 bits per heavy atom. The average Bonchev–Trinajstić information content (AvgIpc) is 3.54. The molecule has 0 radical (unpaired) electrons. The Balaban J connectivity index is 1.47. The summed E-state index contributed by atoms with van der Waals surface area (Å²) in [6.07, 6.45) is -2.22. The van der Waals surface area contributed by atoms with Gasteiger partial charge in [0, 0.05) is 25.6 Å². The molecule has 40 heavy (non-hydrogen) atoms. The van der Waals surface area contributed by atoms with Crippen LogP contribution in [-0.2, 0) is 9.53 Å². The SMILES string of the molecule is CNC(=O)C1OC(n2cnc3c(NCC(c4cc(OC)cc(OC)c4)c4ccccc4C)ncnc32)C(O)C1O. The Kier molecular flexibility index (Phi) is 7.83. The van der Waals surface area contributed by atoms with Crippen LogP contribution in [0.5, 0.6) is 11.5 Å². The summed E-state index contributed by atoms with van der Waals surface area (Å²) < 4.78 is 18.2. The summed E-state index contributed by atoms with van der Waals surface area (Å²) in [6, 6.07) is 14.0. The molecule has 1 saturated heterocycles. The average molecular weight is 549 g/mol. The predicted octanol–water partition coefficient (Wildman–Crippen LogP) is 1.76. The van der Waals surface area contributed by atoms with Gasteiger partial charge in [-0.15, -0.1) is 0 Å². The maximum Gasteiger partial charge on any atom is 0.251 e. The van der Waals surface area contributed by atoms with Crippen molar-refractivity contribution in [3.63, 3.8) is 0 Å². The van der Waals surface area contributed by atoms with Crippen LogP contribution in [0.2, 0.25) is 0 Å². The number of hydrogen-bond donors (Lipinski definition) is 4. The van der Waals surface area contributed by atoms with Gasteiger partial charge in [0.05, 0.1) is 20.5 Å². The van der Waals surface area contributed by atoms with E-state index in [4.69, 9.17) is 14.2 Å². The number of amides is 1. The molecule has 5 rings (SSSR count). The van der Waals surface area contributed by atoms with Crippen molar-refractivity contribution < 1.29 is 29.2 Å². The maximum atomic E-state index is 12.1. The van der Waals surface area contributed by atoms with Gasteiger partial charge < -0.3 is 35.1 Å². The van der Waals surface area contributed by atoms with E-state index in [1.165, 1.54) is 24.3 Å². The van der Waals surface area contributed by atoms with Crippen molar-refractivity contribution in [3.8, 4) is 11.5 Å². The van der Waals surface area contributed by atoms with Crippen molar-refractivity contribution in [2.45, 2.75) is 37.4 Å².